The van der Waals surface area contributed by atoms with Crippen LogP contribution in [-0.2, 0) is 22.6 Å². The standard InChI is InChI=1S/C22H27BrN2O3/c1-27-14-13-24-9-11-25(12-10-24)22(26)16-19-15-20(23)7-8-21(19)28-17-18-5-3-2-4-6-18/h2-8,15H,9-14,16-17H2,1H3. The van der Waals surface area contributed by atoms with Crippen LogP contribution in [0.4, 0.5) is 0 Å². The maximum absolute atomic E-state index is 12.8. The van der Waals surface area contributed by atoms with E-state index in [0.29, 0.717) is 13.0 Å². The molecule has 3 rings (SSSR count). The van der Waals surface area contributed by atoms with E-state index in [1.54, 1.807) is 7.11 Å². The number of piperazine rings is 1. The van der Waals surface area contributed by atoms with E-state index >= 15 is 0 Å². The van der Waals surface area contributed by atoms with Crippen LogP contribution in [0.15, 0.2) is 53.0 Å². The highest BCUT2D eigenvalue weighted by atomic mass is 79.9. The molecule has 1 fully saturated rings. The minimum atomic E-state index is 0.147. The monoisotopic (exact) mass is 446 g/mol. The van der Waals surface area contributed by atoms with E-state index in [1.807, 2.05) is 53.4 Å². The number of methoxy groups -OCH3 is 1. The Bertz CT molecular complexity index is 762. The second-order valence-electron chi connectivity index (χ2n) is 6.92. The Kier molecular flexibility index (Phi) is 7.89. The number of carbonyl (C=O) groups excluding carboxylic acids is 1. The average molecular weight is 447 g/mol. The second kappa shape index (κ2) is 10.6. The predicted octanol–water partition coefficient (Wildman–Crippen LogP) is 3.36. The van der Waals surface area contributed by atoms with Gasteiger partial charge in [0, 0.05) is 49.9 Å². The molecule has 1 heterocycles. The summed E-state index contributed by atoms with van der Waals surface area (Å²) in [5, 5.41) is 0. The molecule has 5 nitrogen and oxygen atoms in total. The number of benzene rings is 2. The Morgan fingerprint density at radius 1 is 1.07 bits per heavy atom. The van der Waals surface area contributed by atoms with Gasteiger partial charge in [0.1, 0.15) is 12.4 Å². The molecule has 0 N–H and O–H groups in total. The summed E-state index contributed by atoms with van der Waals surface area (Å²) in [5.41, 5.74) is 2.02. The summed E-state index contributed by atoms with van der Waals surface area (Å²) in [4.78, 5) is 17.1. The van der Waals surface area contributed by atoms with E-state index in [2.05, 4.69) is 20.8 Å². The Morgan fingerprint density at radius 3 is 2.54 bits per heavy atom. The van der Waals surface area contributed by atoms with Crippen molar-refractivity contribution < 1.29 is 14.3 Å². The van der Waals surface area contributed by atoms with Crippen molar-refractivity contribution >= 4 is 21.8 Å². The molecular formula is C22H27BrN2O3. The lowest BCUT2D eigenvalue weighted by Crippen LogP contribution is -2.49. The number of halogens is 1. The first-order valence-corrected chi connectivity index (χ1v) is 10.4. The lowest BCUT2D eigenvalue weighted by Gasteiger charge is -2.34. The molecule has 150 valence electrons. The van der Waals surface area contributed by atoms with Crippen molar-refractivity contribution in [3.63, 3.8) is 0 Å². The first-order valence-electron chi connectivity index (χ1n) is 9.60. The van der Waals surface area contributed by atoms with Crippen LogP contribution in [-0.4, -0.2) is 62.1 Å². The van der Waals surface area contributed by atoms with Gasteiger partial charge < -0.3 is 14.4 Å². The molecule has 0 spiro atoms. The topological polar surface area (TPSA) is 42.0 Å². The van der Waals surface area contributed by atoms with Crippen molar-refractivity contribution in [1.82, 2.24) is 9.80 Å². The lowest BCUT2D eigenvalue weighted by atomic mass is 10.1. The summed E-state index contributed by atoms with van der Waals surface area (Å²) in [6.07, 6.45) is 0.349. The van der Waals surface area contributed by atoms with Crippen molar-refractivity contribution in [2.75, 3.05) is 46.4 Å². The first-order chi connectivity index (χ1) is 13.7. The smallest absolute Gasteiger partial charge is 0.227 e. The van der Waals surface area contributed by atoms with Crippen LogP contribution in [0.25, 0.3) is 0 Å². The lowest BCUT2D eigenvalue weighted by molar-refractivity contribution is -0.132. The Balaban J connectivity index is 1.58. The molecule has 28 heavy (non-hydrogen) atoms. The van der Waals surface area contributed by atoms with Crippen molar-refractivity contribution in [2.24, 2.45) is 0 Å². The number of nitrogens with zero attached hydrogens (tertiary/aromatic N) is 2. The van der Waals surface area contributed by atoms with E-state index in [-0.39, 0.29) is 5.91 Å². The SMILES string of the molecule is COCCN1CCN(C(=O)Cc2cc(Br)ccc2OCc2ccccc2)CC1. The molecule has 1 amide bonds. The summed E-state index contributed by atoms with van der Waals surface area (Å²) in [6.45, 7) is 5.45. The van der Waals surface area contributed by atoms with Gasteiger partial charge in [-0.25, -0.2) is 0 Å². The third-order valence-electron chi connectivity index (χ3n) is 4.94. The number of rotatable bonds is 8. The van der Waals surface area contributed by atoms with E-state index in [4.69, 9.17) is 9.47 Å². The van der Waals surface area contributed by atoms with Crippen LogP contribution in [0.5, 0.6) is 5.75 Å². The quantitative estimate of drug-likeness (QED) is 0.623. The highest BCUT2D eigenvalue weighted by Gasteiger charge is 2.22. The van der Waals surface area contributed by atoms with Crippen LogP contribution in [0, 0.1) is 0 Å². The zero-order chi connectivity index (χ0) is 19.8. The third-order valence-corrected chi connectivity index (χ3v) is 5.43. The molecule has 1 saturated heterocycles. The molecule has 2 aromatic rings. The minimum Gasteiger partial charge on any atom is -0.489 e. The first kappa shape index (κ1) is 20.8. The summed E-state index contributed by atoms with van der Waals surface area (Å²) < 4.78 is 12.1. The number of hydrogen-bond donors (Lipinski definition) is 0. The van der Waals surface area contributed by atoms with Crippen molar-refractivity contribution in [1.29, 1.82) is 0 Å². The van der Waals surface area contributed by atoms with Crippen LogP contribution in [0.2, 0.25) is 0 Å². The molecule has 0 aromatic heterocycles. The molecular weight excluding hydrogens is 420 g/mol. The zero-order valence-electron chi connectivity index (χ0n) is 16.3. The molecule has 2 aromatic carbocycles. The fraction of sp³-hybridized carbons (Fsp3) is 0.409. The van der Waals surface area contributed by atoms with Gasteiger partial charge in [-0.1, -0.05) is 46.3 Å². The normalized spacial score (nSPS) is 14.9. The van der Waals surface area contributed by atoms with Gasteiger partial charge in [0.25, 0.3) is 0 Å². The number of carbonyl (C=O) groups is 1. The van der Waals surface area contributed by atoms with Crippen LogP contribution in [0.1, 0.15) is 11.1 Å². The van der Waals surface area contributed by atoms with Gasteiger partial charge in [0.05, 0.1) is 13.0 Å². The fourth-order valence-electron chi connectivity index (χ4n) is 3.28. The molecule has 6 heteroatoms. The Labute approximate surface area is 175 Å². The highest BCUT2D eigenvalue weighted by molar-refractivity contribution is 9.10. The van der Waals surface area contributed by atoms with Gasteiger partial charge in [0.15, 0.2) is 0 Å². The molecule has 0 saturated carbocycles. The summed E-state index contributed by atoms with van der Waals surface area (Å²) in [7, 11) is 1.72. The molecule has 0 atom stereocenters. The zero-order valence-corrected chi connectivity index (χ0v) is 17.9. The van der Waals surface area contributed by atoms with Crippen molar-refractivity contribution in [2.45, 2.75) is 13.0 Å². The minimum absolute atomic E-state index is 0.147. The molecule has 0 bridgehead atoms. The number of hydrogen-bond acceptors (Lipinski definition) is 4. The van der Waals surface area contributed by atoms with Gasteiger partial charge in [-0.15, -0.1) is 0 Å². The summed E-state index contributed by atoms with van der Waals surface area (Å²) >= 11 is 3.51. The van der Waals surface area contributed by atoms with Gasteiger partial charge in [-0.3, -0.25) is 9.69 Å². The number of ether oxygens (including phenoxy) is 2. The van der Waals surface area contributed by atoms with E-state index in [9.17, 15) is 4.79 Å². The highest BCUT2D eigenvalue weighted by Crippen LogP contribution is 2.25. The fourth-order valence-corrected chi connectivity index (χ4v) is 3.69. The Morgan fingerprint density at radius 2 is 1.82 bits per heavy atom. The van der Waals surface area contributed by atoms with Crippen molar-refractivity contribution in [3.8, 4) is 5.75 Å². The predicted molar refractivity (Wildman–Crippen MR) is 114 cm³/mol. The van der Waals surface area contributed by atoms with Crippen LogP contribution < -0.4 is 4.74 Å². The van der Waals surface area contributed by atoms with E-state index in [0.717, 1.165) is 60.7 Å². The van der Waals surface area contributed by atoms with Gasteiger partial charge in [-0.05, 0) is 23.8 Å². The summed E-state index contributed by atoms with van der Waals surface area (Å²) in [5.74, 6) is 0.910. The van der Waals surface area contributed by atoms with Crippen LogP contribution in [0.3, 0.4) is 0 Å². The molecule has 1 aliphatic heterocycles. The van der Waals surface area contributed by atoms with Crippen LogP contribution >= 0.6 is 15.9 Å². The second-order valence-corrected chi connectivity index (χ2v) is 7.83. The van der Waals surface area contributed by atoms with E-state index < -0.39 is 0 Å². The third kappa shape index (κ3) is 6.06. The van der Waals surface area contributed by atoms with Gasteiger partial charge in [0.2, 0.25) is 5.91 Å². The molecule has 0 radical (unpaired) electrons. The molecule has 1 aliphatic rings. The maximum Gasteiger partial charge on any atom is 0.227 e. The number of amides is 1. The van der Waals surface area contributed by atoms with Gasteiger partial charge >= 0.3 is 0 Å². The Hall–Kier alpha value is -1.89. The summed E-state index contributed by atoms with van der Waals surface area (Å²) in [6, 6.07) is 15.9. The average Bonchev–Trinajstić information content (AvgIpc) is 2.73. The maximum atomic E-state index is 12.8. The molecule has 0 aliphatic carbocycles. The van der Waals surface area contributed by atoms with E-state index in [1.165, 1.54) is 0 Å². The van der Waals surface area contributed by atoms with Gasteiger partial charge in [-0.2, -0.15) is 0 Å². The van der Waals surface area contributed by atoms with Crippen molar-refractivity contribution in [3.05, 3.63) is 64.1 Å². The largest absolute Gasteiger partial charge is 0.489 e. The molecule has 0 unspecified atom stereocenters.